The zero-order valence-corrected chi connectivity index (χ0v) is 18.4. The van der Waals surface area contributed by atoms with Crippen molar-refractivity contribution in [2.24, 2.45) is 0 Å². The predicted molar refractivity (Wildman–Crippen MR) is 123 cm³/mol. The molecule has 32 heavy (non-hydrogen) atoms. The van der Waals surface area contributed by atoms with Crippen molar-refractivity contribution in [2.45, 2.75) is 19.4 Å². The second-order valence-corrected chi connectivity index (χ2v) is 7.51. The number of rotatable bonds is 9. The predicted octanol–water partition coefficient (Wildman–Crippen LogP) is 3.92. The largest absolute Gasteiger partial charge is 0.493 e. The van der Waals surface area contributed by atoms with Crippen molar-refractivity contribution in [1.29, 1.82) is 0 Å². The van der Waals surface area contributed by atoms with Crippen molar-refractivity contribution >= 4 is 28.3 Å². The third kappa shape index (κ3) is 3.82. The molecule has 0 aliphatic carbocycles. The summed E-state index contributed by atoms with van der Waals surface area (Å²) >= 11 is 0. The number of hydrogen-bond donors (Lipinski definition) is 1. The van der Waals surface area contributed by atoms with Gasteiger partial charge in [0.15, 0.2) is 11.5 Å². The van der Waals surface area contributed by atoms with Gasteiger partial charge in [0, 0.05) is 36.0 Å². The number of carbonyl (C=O) groups is 2. The van der Waals surface area contributed by atoms with Crippen LogP contribution in [-0.2, 0) is 11.3 Å². The first-order valence-electron chi connectivity index (χ1n) is 10.5. The maximum Gasteiger partial charge on any atom is 0.258 e. The van der Waals surface area contributed by atoms with Gasteiger partial charge in [-0.25, -0.2) is 0 Å². The van der Waals surface area contributed by atoms with Crippen LogP contribution in [-0.4, -0.2) is 39.7 Å². The molecular weight excluding hydrogens is 408 g/mol. The molecule has 1 aliphatic rings. The summed E-state index contributed by atoms with van der Waals surface area (Å²) < 4.78 is 16.1. The van der Waals surface area contributed by atoms with E-state index in [0.29, 0.717) is 43.2 Å². The second-order valence-electron chi connectivity index (χ2n) is 7.51. The van der Waals surface area contributed by atoms with E-state index in [1.807, 2.05) is 42.5 Å². The quantitative estimate of drug-likeness (QED) is 0.552. The van der Waals surface area contributed by atoms with Crippen LogP contribution in [0.5, 0.6) is 17.2 Å². The summed E-state index contributed by atoms with van der Waals surface area (Å²) in [7, 11) is 4.65. The van der Waals surface area contributed by atoms with Crippen molar-refractivity contribution in [3.8, 4) is 17.2 Å². The van der Waals surface area contributed by atoms with Crippen LogP contribution in [0.15, 0.2) is 48.5 Å². The van der Waals surface area contributed by atoms with Crippen LogP contribution in [0.3, 0.4) is 0 Å². The molecule has 4 rings (SSSR count). The van der Waals surface area contributed by atoms with Crippen molar-refractivity contribution < 1.29 is 23.8 Å². The Bertz CT molecular complexity index is 1170. The number of methoxy groups -OCH3 is 3. The fourth-order valence-electron chi connectivity index (χ4n) is 4.18. The Morgan fingerprint density at radius 3 is 2.41 bits per heavy atom. The monoisotopic (exact) mass is 434 g/mol. The number of amides is 2. The Morgan fingerprint density at radius 2 is 1.69 bits per heavy atom. The molecule has 1 N–H and O–H groups in total. The molecular formula is C25H26N2O5. The summed E-state index contributed by atoms with van der Waals surface area (Å²) in [5.74, 6) is 1.48. The Kier molecular flexibility index (Phi) is 6.16. The Hall–Kier alpha value is -3.74. The fraction of sp³-hybridized carbons (Fsp3) is 0.280. The van der Waals surface area contributed by atoms with Gasteiger partial charge in [-0.2, -0.15) is 0 Å². The molecule has 0 unspecified atom stereocenters. The van der Waals surface area contributed by atoms with Crippen molar-refractivity contribution in [2.75, 3.05) is 32.8 Å². The molecule has 0 radical (unpaired) electrons. The second kappa shape index (κ2) is 9.18. The van der Waals surface area contributed by atoms with Gasteiger partial charge in [-0.15, -0.1) is 0 Å². The minimum atomic E-state index is -0.0933. The molecule has 3 aromatic rings. The van der Waals surface area contributed by atoms with E-state index in [9.17, 15) is 9.59 Å². The molecule has 1 heterocycles. The molecule has 7 nitrogen and oxygen atoms in total. The lowest BCUT2D eigenvalue weighted by Gasteiger charge is -2.18. The minimum Gasteiger partial charge on any atom is -0.493 e. The first-order valence-corrected chi connectivity index (χ1v) is 10.5. The topological polar surface area (TPSA) is 77.1 Å². The maximum absolute atomic E-state index is 12.8. The molecule has 0 fully saturated rings. The number of anilines is 1. The van der Waals surface area contributed by atoms with Gasteiger partial charge in [0.25, 0.3) is 5.91 Å². The summed E-state index contributed by atoms with van der Waals surface area (Å²) in [4.78, 5) is 27.0. The third-order valence-electron chi connectivity index (χ3n) is 5.70. The van der Waals surface area contributed by atoms with Crippen LogP contribution in [0.1, 0.15) is 28.8 Å². The summed E-state index contributed by atoms with van der Waals surface area (Å²) in [5, 5.41) is 4.96. The van der Waals surface area contributed by atoms with E-state index < -0.39 is 0 Å². The lowest BCUT2D eigenvalue weighted by atomic mass is 10.1. The van der Waals surface area contributed by atoms with Crippen molar-refractivity contribution in [3.05, 3.63) is 59.7 Å². The smallest absolute Gasteiger partial charge is 0.258 e. The van der Waals surface area contributed by atoms with E-state index >= 15 is 0 Å². The maximum atomic E-state index is 12.8. The van der Waals surface area contributed by atoms with Crippen LogP contribution in [0, 0.1) is 0 Å². The minimum absolute atomic E-state index is 0.00716. The van der Waals surface area contributed by atoms with Crippen molar-refractivity contribution in [3.63, 3.8) is 0 Å². The lowest BCUT2D eigenvalue weighted by molar-refractivity contribution is -0.121. The molecule has 2 amide bonds. The molecule has 7 heteroatoms. The summed E-state index contributed by atoms with van der Waals surface area (Å²) in [6, 6.07) is 15.3. The van der Waals surface area contributed by atoms with E-state index in [-0.39, 0.29) is 11.8 Å². The van der Waals surface area contributed by atoms with E-state index in [1.165, 1.54) is 0 Å². The molecule has 3 aromatic carbocycles. The Labute approximate surface area is 186 Å². The summed E-state index contributed by atoms with van der Waals surface area (Å²) in [6.07, 6.45) is 0.872. The number of benzene rings is 3. The van der Waals surface area contributed by atoms with Gasteiger partial charge in [0.2, 0.25) is 11.7 Å². The van der Waals surface area contributed by atoms with Crippen LogP contribution in [0.4, 0.5) is 5.69 Å². The van der Waals surface area contributed by atoms with E-state index in [0.717, 1.165) is 27.6 Å². The molecule has 166 valence electrons. The van der Waals surface area contributed by atoms with Gasteiger partial charge >= 0.3 is 0 Å². The fourth-order valence-corrected chi connectivity index (χ4v) is 4.18. The van der Waals surface area contributed by atoms with Gasteiger partial charge in [0.1, 0.15) is 0 Å². The lowest BCUT2D eigenvalue weighted by Crippen LogP contribution is -2.29. The normalized spacial score (nSPS) is 12.2. The Morgan fingerprint density at radius 1 is 0.938 bits per heavy atom. The molecule has 0 bridgehead atoms. The van der Waals surface area contributed by atoms with E-state index in [1.54, 1.807) is 32.3 Å². The van der Waals surface area contributed by atoms with Crippen LogP contribution in [0.25, 0.3) is 10.8 Å². The number of nitrogens with one attached hydrogen (secondary N) is 1. The average molecular weight is 434 g/mol. The summed E-state index contributed by atoms with van der Waals surface area (Å²) in [5.41, 5.74) is 2.43. The highest BCUT2D eigenvalue weighted by Crippen LogP contribution is 2.40. The first kappa shape index (κ1) is 21.5. The Balaban J connectivity index is 1.35. The highest BCUT2D eigenvalue weighted by Gasteiger charge is 2.29. The molecule has 0 aromatic heterocycles. The highest BCUT2D eigenvalue weighted by atomic mass is 16.5. The van der Waals surface area contributed by atoms with Gasteiger partial charge in [0.05, 0.1) is 27.0 Å². The zero-order chi connectivity index (χ0) is 22.7. The summed E-state index contributed by atoms with van der Waals surface area (Å²) in [6.45, 7) is 0.787. The highest BCUT2D eigenvalue weighted by molar-refractivity contribution is 6.25. The third-order valence-corrected chi connectivity index (χ3v) is 5.70. The number of carbonyl (C=O) groups excluding carboxylic acids is 2. The van der Waals surface area contributed by atoms with Crippen LogP contribution >= 0.6 is 0 Å². The van der Waals surface area contributed by atoms with E-state index in [4.69, 9.17) is 14.2 Å². The molecule has 0 spiro atoms. The van der Waals surface area contributed by atoms with Crippen molar-refractivity contribution in [1.82, 2.24) is 5.32 Å². The van der Waals surface area contributed by atoms with Gasteiger partial charge < -0.3 is 24.4 Å². The number of ether oxygens (including phenoxy) is 3. The van der Waals surface area contributed by atoms with E-state index in [2.05, 4.69) is 5.32 Å². The zero-order valence-electron chi connectivity index (χ0n) is 18.4. The SMILES string of the molecule is COc1ccc(CNC(=O)CCCN2C(=O)c3cccc4cccc2c34)c(OC)c1OC. The van der Waals surface area contributed by atoms with Crippen LogP contribution in [0.2, 0.25) is 0 Å². The number of nitrogens with zero attached hydrogens (tertiary/aromatic N) is 1. The molecule has 0 saturated heterocycles. The van der Waals surface area contributed by atoms with Gasteiger partial charge in [-0.05, 0) is 36.1 Å². The molecule has 0 saturated carbocycles. The standard InChI is InChI=1S/C25H26N2O5/c1-30-20-13-12-17(23(31-2)24(20)32-3)15-26-21(28)11-6-14-27-19-10-5-8-16-7-4-9-18(22(16)19)25(27)29/h4-5,7-10,12-13H,6,11,14-15H2,1-3H3,(H,26,28). The molecule has 0 atom stereocenters. The average Bonchev–Trinajstić information content (AvgIpc) is 3.10. The number of hydrogen-bond acceptors (Lipinski definition) is 5. The van der Waals surface area contributed by atoms with Crippen LogP contribution < -0.4 is 24.4 Å². The van der Waals surface area contributed by atoms with Gasteiger partial charge in [-0.3, -0.25) is 9.59 Å². The first-order chi connectivity index (χ1) is 15.6. The van der Waals surface area contributed by atoms with Gasteiger partial charge in [-0.1, -0.05) is 24.3 Å². The molecule has 1 aliphatic heterocycles.